The van der Waals surface area contributed by atoms with Crippen LogP contribution >= 0.6 is 11.8 Å². The Bertz CT molecular complexity index is 853. The van der Waals surface area contributed by atoms with Gasteiger partial charge in [0.1, 0.15) is 11.6 Å². The van der Waals surface area contributed by atoms with Gasteiger partial charge in [-0.3, -0.25) is 4.98 Å². The molecule has 0 spiro atoms. The minimum Gasteiger partial charge on any atom is -0.467 e. The highest BCUT2D eigenvalue weighted by Crippen LogP contribution is 2.31. The number of pyridine rings is 1. The molecule has 8 heteroatoms. The van der Waals surface area contributed by atoms with Gasteiger partial charge in [0.05, 0.1) is 12.3 Å². The third-order valence-corrected chi connectivity index (χ3v) is 4.59. The number of aryl methyl sites for hydroxylation is 1. The lowest BCUT2D eigenvalue weighted by Crippen LogP contribution is -2.14. The lowest BCUT2D eigenvalue weighted by atomic mass is 10.1. The third-order valence-electron chi connectivity index (χ3n) is 3.75. The lowest BCUT2D eigenvalue weighted by Gasteiger charge is -2.20. The molecule has 0 bridgehead atoms. The number of thioether (sulfide) groups is 1. The first-order chi connectivity index (χ1) is 12.5. The average Bonchev–Trinajstić information content (AvgIpc) is 2.64. The number of rotatable bonds is 4. The maximum absolute atomic E-state index is 13.7. The summed E-state index contributed by atoms with van der Waals surface area (Å²) in [7, 11) is 0. The molecule has 0 aliphatic carbocycles. The van der Waals surface area contributed by atoms with Gasteiger partial charge in [0.15, 0.2) is 12.0 Å². The number of ether oxygens (including phenoxy) is 2. The first kappa shape index (κ1) is 18.3. The highest BCUT2D eigenvalue weighted by molar-refractivity contribution is 8.13. The van der Waals surface area contributed by atoms with Crippen molar-refractivity contribution in [3.63, 3.8) is 0 Å². The minimum absolute atomic E-state index is 0.161. The predicted octanol–water partition coefficient (Wildman–Crippen LogP) is 3.37. The van der Waals surface area contributed by atoms with Crippen LogP contribution in [0.15, 0.2) is 40.7 Å². The van der Waals surface area contributed by atoms with Gasteiger partial charge in [0.2, 0.25) is 0 Å². The molecule has 0 atom stereocenters. The van der Waals surface area contributed by atoms with E-state index in [1.165, 1.54) is 23.9 Å². The predicted molar refractivity (Wildman–Crippen MR) is 101 cm³/mol. The summed E-state index contributed by atoms with van der Waals surface area (Å²) < 4.78 is 24.4. The van der Waals surface area contributed by atoms with Crippen LogP contribution in [0.2, 0.25) is 0 Å². The molecule has 0 fully saturated rings. The Balaban J connectivity index is 1.68. The van der Waals surface area contributed by atoms with E-state index in [0.29, 0.717) is 29.4 Å². The summed E-state index contributed by atoms with van der Waals surface area (Å²) in [6.07, 6.45) is 1.74. The number of amidine groups is 1. The minimum atomic E-state index is -0.329. The molecule has 2 aromatic rings. The van der Waals surface area contributed by atoms with Crippen molar-refractivity contribution < 1.29 is 13.9 Å². The van der Waals surface area contributed by atoms with Crippen molar-refractivity contribution in [3.05, 3.63) is 58.7 Å². The molecular formula is C18H19FN4O2S. The van der Waals surface area contributed by atoms with Crippen molar-refractivity contribution in [2.24, 2.45) is 15.9 Å². The molecule has 3 rings (SSSR count). The van der Waals surface area contributed by atoms with Gasteiger partial charge in [-0.2, -0.15) is 5.10 Å². The number of hydrogen-bond donors (Lipinski definition) is 1. The fourth-order valence-electron chi connectivity index (χ4n) is 2.41. The summed E-state index contributed by atoms with van der Waals surface area (Å²) in [4.78, 5) is 4.23. The molecular weight excluding hydrogens is 355 g/mol. The molecule has 0 unspecified atom stereocenters. The summed E-state index contributed by atoms with van der Waals surface area (Å²) in [5.41, 5.74) is 9.86. The van der Waals surface area contributed by atoms with Crippen molar-refractivity contribution in [2.75, 3.05) is 6.79 Å². The van der Waals surface area contributed by atoms with Crippen LogP contribution in [0.25, 0.3) is 0 Å². The summed E-state index contributed by atoms with van der Waals surface area (Å²) in [6, 6.07) is 6.70. The van der Waals surface area contributed by atoms with Gasteiger partial charge in [0.25, 0.3) is 0 Å². The second-order valence-corrected chi connectivity index (χ2v) is 6.76. The zero-order chi connectivity index (χ0) is 18.5. The smallest absolute Gasteiger partial charge is 0.189 e. The molecule has 1 aromatic carbocycles. The highest BCUT2D eigenvalue weighted by atomic mass is 32.2. The van der Waals surface area contributed by atoms with E-state index in [-0.39, 0.29) is 17.8 Å². The van der Waals surface area contributed by atoms with Gasteiger partial charge in [-0.25, -0.2) is 4.39 Å². The van der Waals surface area contributed by atoms with Gasteiger partial charge in [-0.15, -0.1) is 5.10 Å². The molecule has 2 N–H and O–H groups in total. The molecule has 2 heterocycles. The number of fused-ring (bicyclic) bond motifs is 1. The van der Waals surface area contributed by atoms with Crippen molar-refractivity contribution >= 4 is 22.6 Å². The zero-order valence-electron chi connectivity index (χ0n) is 14.5. The Hall–Kier alpha value is -2.45. The van der Waals surface area contributed by atoms with Crippen molar-refractivity contribution in [2.45, 2.75) is 26.2 Å². The SMILES string of the molecule is C/C(=N\N=C(/N)SCc1cc(F)cc2c1OCOC2)c1ccc(C)nc1. The van der Waals surface area contributed by atoms with Crippen LogP contribution < -0.4 is 10.5 Å². The van der Waals surface area contributed by atoms with E-state index in [1.54, 1.807) is 6.20 Å². The van der Waals surface area contributed by atoms with E-state index in [2.05, 4.69) is 15.2 Å². The van der Waals surface area contributed by atoms with Gasteiger partial charge in [-0.1, -0.05) is 11.8 Å². The maximum Gasteiger partial charge on any atom is 0.189 e. The summed E-state index contributed by atoms with van der Waals surface area (Å²) in [5.74, 6) is 0.754. The van der Waals surface area contributed by atoms with Crippen LogP contribution in [-0.4, -0.2) is 22.7 Å². The van der Waals surface area contributed by atoms with Gasteiger partial charge >= 0.3 is 0 Å². The van der Waals surface area contributed by atoms with Crippen LogP contribution in [0.5, 0.6) is 5.75 Å². The maximum atomic E-state index is 13.7. The van der Waals surface area contributed by atoms with Crippen LogP contribution in [0.1, 0.15) is 29.3 Å². The summed E-state index contributed by atoms with van der Waals surface area (Å²) in [6.45, 7) is 4.25. The van der Waals surface area contributed by atoms with E-state index >= 15 is 0 Å². The Morgan fingerprint density at radius 2 is 2.19 bits per heavy atom. The number of benzene rings is 1. The van der Waals surface area contributed by atoms with Gasteiger partial charge in [-0.05, 0) is 38.1 Å². The third kappa shape index (κ3) is 4.59. The monoisotopic (exact) mass is 374 g/mol. The van der Waals surface area contributed by atoms with Crippen molar-refractivity contribution in [1.29, 1.82) is 0 Å². The van der Waals surface area contributed by atoms with Crippen molar-refractivity contribution in [1.82, 2.24) is 4.98 Å². The molecule has 0 saturated heterocycles. The molecule has 136 valence electrons. The van der Waals surface area contributed by atoms with Gasteiger partial charge in [0, 0.05) is 34.3 Å². The zero-order valence-corrected chi connectivity index (χ0v) is 15.3. The second kappa shape index (κ2) is 8.29. The Kier molecular flexibility index (Phi) is 5.85. The number of halogens is 1. The van der Waals surface area contributed by atoms with Crippen molar-refractivity contribution in [3.8, 4) is 5.75 Å². The standard InChI is InChI=1S/C18H19FN4O2S/c1-11-3-4-13(7-21-11)12(2)22-23-18(20)26-9-15-6-16(19)5-14-8-24-10-25-17(14)15/h3-7H,8-10H2,1-2H3,(H2,20,23)/b22-12+. The first-order valence-electron chi connectivity index (χ1n) is 7.98. The van der Waals surface area contributed by atoms with Crippen LogP contribution in [0.3, 0.4) is 0 Å². The highest BCUT2D eigenvalue weighted by Gasteiger charge is 2.17. The Morgan fingerprint density at radius 1 is 1.35 bits per heavy atom. The number of nitrogens with zero attached hydrogens (tertiary/aromatic N) is 3. The molecule has 6 nitrogen and oxygen atoms in total. The molecule has 1 aliphatic heterocycles. The molecule has 1 aromatic heterocycles. The molecule has 1 aliphatic rings. The second-order valence-electron chi connectivity index (χ2n) is 5.76. The lowest BCUT2D eigenvalue weighted by molar-refractivity contribution is -0.0171. The van der Waals surface area contributed by atoms with Crippen LogP contribution in [0, 0.1) is 12.7 Å². The Morgan fingerprint density at radius 3 is 2.96 bits per heavy atom. The largest absolute Gasteiger partial charge is 0.467 e. The topological polar surface area (TPSA) is 82.1 Å². The Labute approximate surface area is 155 Å². The van der Waals surface area contributed by atoms with Crippen LogP contribution in [0.4, 0.5) is 4.39 Å². The van der Waals surface area contributed by atoms with Crippen LogP contribution in [-0.2, 0) is 17.1 Å². The molecule has 0 amide bonds. The molecule has 0 radical (unpaired) electrons. The van der Waals surface area contributed by atoms with E-state index < -0.39 is 0 Å². The van der Waals surface area contributed by atoms with E-state index in [9.17, 15) is 4.39 Å². The fraction of sp³-hybridized carbons (Fsp3) is 0.278. The van der Waals surface area contributed by atoms with E-state index in [0.717, 1.165) is 16.8 Å². The van der Waals surface area contributed by atoms with Gasteiger partial charge < -0.3 is 15.2 Å². The quantitative estimate of drug-likeness (QED) is 0.504. The average molecular weight is 374 g/mol. The number of nitrogens with two attached hydrogens (primary N) is 1. The van der Waals surface area contributed by atoms with E-state index in [1.807, 2.05) is 26.0 Å². The first-order valence-corrected chi connectivity index (χ1v) is 8.97. The molecule has 0 saturated carbocycles. The number of hydrogen-bond acceptors (Lipinski definition) is 6. The fourth-order valence-corrected chi connectivity index (χ4v) is 3.02. The van der Waals surface area contributed by atoms with E-state index in [4.69, 9.17) is 15.2 Å². The normalized spacial score (nSPS) is 14.7. The molecule has 26 heavy (non-hydrogen) atoms. The number of aromatic nitrogens is 1. The summed E-state index contributed by atoms with van der Waals surface area (Å²) in [5, 5.41) is 8.45. The summed E-state index contributed by atoms with van der Waals surface area (Å²) >= 11 is 1.27.